The molecule has 31 heavy (non-hydrogen) atoms. The van der Waals surface area contributed by atoms with Crippen LogP contribution in [-0.2, 0) is 6.61 Å². The smallest absolute Gasteiger partial charge is 0.232 e. The molecule has 6 heteroatoms. The van der Waals surface area contributed by atoms with Gasteiger partial charge in [-0.15, -0.1) is 0 Å². The Morgan fingerprint density at radius 2 is 2.00 bits per heavy atom. The van der Waals surface area contributed by atoms with Crippen molar-refractivity contribution in [2.24, 2.45) is 0 Å². The van der Waals surface area contributed by atoms with Crippen LogP contribution in [0.1, 0.15) is 37.3 Å². The first-order valence-corrected chi connectivity index (χ1v) is 11.0. The first-order valence-electron chi connectivity index (χ1n) is 10.6. The number of hydrogen-bond donors (Lipinski definition) is 1. The number of pyridine rings is 1. The molecule has 0 bridgehead atoms. The summed E-state index contributed by atoms with van der Waals surface area (Å²) in [5, 5.41) is 10.5. The predicted octanol–water partition coefficient (Wildman–Crippen LogP) is 5.80. The Labute approximate surface area is 188 Å². The number of hydrogen-bond acceptors (Lipinski definition) is 5. The molecular formula is C25H27ClN2O3. The number of para-hydroxylation sites is 1. The van der Waals surface area contributed by atoms with E-state index in [1.54, 1.807) is 18.3 Å². The van der Waals surface area contributed by atoms with E-state index in [0.29, 0.717) is 29.1 Å². The standard InChI is InChI=1S/C25H27ClN2O3/c1-17(2)21-6-3-4-8-24(21)30-19-9-10-23(18(14-19)16-29)28-13-11-20(15-28)31-25-22(26)7-5-12-27-25/h3-10,12,14,17,20,29H,11,13,15-16H2,1-2H3/t20-/m0/s1. The summed E-state index contributed by atoms with van der Waals surface area (Å²) in [6.07, 6.45) is 2.53. The van der Waals surface area contributed by atoms with E-state index in [0.717, 1.165) is 35.5 Å². The number of rotatable bonds is 7. The van der Waals surface area contributed by atoms with Crippen LogP contribution in [0.3, 0.4) is 0 Å². The van der Waals surface area contributed by atoms with Gasteiger partial charge in [-0.3, -0.25) is 0 Å². The second kappa shape index (κ2) is 9.58. The van der Waals surface area contributed by atoms with Crippen molar-refractivity contribution in [3.05, 3.63) is 76.9 Å². The molecule has 0 saturated carbocycles. The molecule has 1 atom stereocenters. The maximum atomic E-state index is 10.0. The second-order valence-corrected chi connectivity index (χ2v) is 8.42. The van der Waals surface area contributed by atoms with E-state index in [4.69, 9.17) is 21.1 Å². The van der Waals surface area contributed by atoms with Crippen LogP contribution in [0.25, 0.3) is 0 Å². The largest absolute Gasteiger partial charge is 0.471 e. The van der Waals surface area contributed by atoms with E-state index in [1.165, 1.54) is 0 Å². The van der Waals surface area contributed by atoms with E-state index in [9.17, 15) is 5.11 Å². The Kier molecular flexibility index (Phi) is 6.64. The van der Waals surface area contributed by atoms with Gasteiger partial charge >= 0.3 is 0 Å². The van der Waals surface area contributed by atoms with Crippen molar-refractivity contribution in [3.8, 4) is 17.4 Å². The van der Waals surface area contributed by atoms with Crippen LogP contribution in [0.4, 0.5) is 5.69 Å². The molecule has 2 aromatic carbocycles. The summed E-state index contributed by atoms with van der Waals surface area (Å²) in [6.45, 7) is 5.77. The summed E-state index contributed by atoms with van der Waals surface area (Å²) in [4.78, 5) is 6.44. The molecule has 0 spiro atoms. The van der Waals surface area contributed by atoms with Gasteiger partial charge in [-0.1, -0.05) is 43.6 Å². The fourth-order valence-electron chi connectivity index (χ4n) is 3.90. The SMILES string of the molecule is CC(C)c1ccccc1Oc1ccc(N2CC[C@H](Oc3ncccc3Cl)C2)c(CO)c1. The van der Waals surface area contributed by atoms with E-state index in [-0.39, 0.29) is 12.7 Å². The van der Waals surface area contributed by atoms with Crippen molar-refractivity contribution >= 4 is 17.3 Å². The third-order valence-corrected chi connectivity index (χ3v) is 5.77. The van der Waals surface area contributed by atoms with Crippen LogP contribution in [-0.4, -0.2) is 29.3 Å². The van der Waals surface area contributed by atoms with Crippen molar-refractivity contribution in [2.75, 3.05) is 18.0 Å². The van der Waals surface area contributed by atoms with Gasteiger partial charge < -0.3 is 19.5 Å². The molecule has 5 nitrogen and oxygen atoms in total. The Hall–Kier alpha value is -2.76. The topological polar surface area (TPSA) is 54.8 Å². The third kappa shape index (κ3) is 4.94. The van der Waals surface area contributed by atoms with Crippen LogP contribution < -0.4 is 14.4 Å². The molecule has 0 radical (unpaired) electrons. The summed E-state index contributed by atoms with van der Waals surface area (Å²) in [5.41, 5.74) is 2.98. The molecule has 1 aromatic heterocycles. The lowest BCUT2D eigenvalue weighted by molar-refractivity contribution is 0.216. The number of anilines is 1. The maximum absolute atomic E-state index is 10.0. The lowest BCUT2D eigenvalue weighted by Gasteiger charge is -2.22. The molecule has 1 aliphatic heterocycles. The highest BCUT2D eigenvalue weighted by atomic mass is 35.5. The first kappa shape index (κ1) is 21.5. The lowest BCUT2D eigenvalue weighted by Crippen LogP contribution is -2.25. The van der Waals surface area contributed by atoms with Crippen LogP contribution in [0.5, 0.6) is 17.4 Å². The van der Waals surface area contributed by atoms with Crippen LogP contribution in [0, 0.1) is 0 Å². The molecular weight excluding hydrogens is 412 g/mol. The van der Waals surface area contributed by atoms with E-state index in [1.807, 2.05) is 36.4 Å². The van der Waals surface area contributed by atoms with E-state index >= 15 is 0 Å². The maximum Gasteiger partial charge on any atom is 0.232 e. The van der Waals surface area contributed by atoms with Crippen LogP contribution in [0.15, 0.2) is 60.8 Å². The minimum absolute atomic E-state index is 0.00668. The van der Waals surface area contributed by atoms with Gasteiger partial charge in [-0.05, 0) is 47.9 Å². The number of aliphatic hydroxyl groups is 1. The van der Waals surface area contributed by atoms with Gasteiger partial charge in [0.15, 0.2) is 0 Å². The fourth-order valence-corrected chi connectivity index (χ4v) is 4.06. The van der Waals surface area contributed by atoms with Gasteiger partial charge in [0.1, 0.15) is 22.6 Å². The van der Waals surface area contributed by atoms with Gasteiger partial charge in [-0.2, -0.15) is 0 Å². The third-order valence-electron chi connectivity index (χ3n) is 5.48. The number of aromatic nitrogens is 1. The molecule has 4 rings (SSSR count). The highest BCUT2D eigenvalue weighted by Gasteiger charge is 2.26. The Balaban J connectivity index is 1.48. The van der Waals surface area contributed by atoms with Crippen molar-refractivity contribution in [1.29, 1.82) is 0 Å². The molecule has 1 saturated heterocycles. The van der Waals surface area contributed by atoms with Crippen LogP contribution in [0.2, 0.25) is 5.02 Å². The highest BCUT2D eigenvalue weighted by molar-refractivity contribution is 6.31. The molecule has 0 unspecified atom stereocenters. The zero-order chi connectivity index (χ0) is 21.8. The van der Waals surface area contributed by atoms with Crippen molar-refractivity contribution < 1.29 is 14.6 Å². The average Bonchev–Trinajstić information content (AvgIpc) is 3.24. The summed E-state index contributed by atoms with van der Waals surface area (Å²) < 4.78 is 12.2. The zero-order valence-corrected chi connectivity index (χ0v) is 18.5. The van der Waals surface area contributed by atoms with Crippen molar-refractivity contribution in [3.63, 3.8) is 0 Å². The average molecular weight is 439 g/mol. The number of ether oxygens (including phenoxy) is 2. The molecule has 3 aromatic rings. The number of benzene rings is 2. The normalized spacial score (nSPS) is 16.0. The van der Waals surface area contributed by atoms with E-state index in [2.05, 4.69) is 29.8 Å². The van der Waals surface area contributed by atoms with E-state index < -0.39 is 0 Å². The molecule has 1 fully saturated rings. The Morgan fingerprint density at radius 1 is 1.16 bits per heavy atom. The number of aliphatic hydroxyl groups excluding tert-OH is 1. The lowest BCUT2D eigenvalue weighted by atomic mass is 10.0. The van der Waals surface area contributed by atoms with Gasteiger partial charge in [-0.25, -0.2) is 4.98 Å². The summed E-state index contributed by atoms with van der Waals surface area (Å²) >= 11 is 6.17. The first-order chi connectivity index (χ1) is 15.0. The molecule has 0 amide bonds. The number of halogens is 1. The quantitative estimate of drug-likeness (QED) is 0.505. The van der Waals surface area contributed by atoms with Gasteiger partial charge in [0, 0.05) is 30.4 Å². The van der Waals surface area contributed by atoms with Crippen molar-refractivity contribution in [2.45, 2.75) is 38.9 Å². The van der Waals surface area contributed by atoms with Gasteiger partial charge in [0.05, 0.1) is 13.2 Å². The molecule has 2 heterocycles. The van der Waals surface area contributed by atoms with Crippen molar-refractivity contribution in [1.82, 2.24) is 4.98 Å². The predicted molar refractivity (Wildman–Crippen MR) is 123 cm³/mol. The summed E-state index contributed by atoms with van der Waals surface area (Å²) in [6, 6.07) is 17.5. The number of nitrogens with zero attached hydrogens (tertiary/aromatic N) is 2. The minimum atomic E-state index is -0.0630. The Morgan fingerprint density at radius 3 is 2.77 bits per heavy atom. The fraction of sp³-hybridized carbons (Fsp3) is 0.320. The highest BCUT2D eigenvalue weighted by Crippen LogP contribution is 2.34. The van der Waals surface area contributed by atoms with Gasteiger partial charge in [0.25, 0.3) is 0 Å². The molecule has 1 aliphatic rings. The second-order valence-electron chi connectivity index (χ2n) is 8.01. The molecule has 1 N–H and O–H groups in total. The summed E-state index contributed by atoms with van der Waals surface area (Å²) in [5.74, 6) is 2.39. The molecule has 162 valence electrons. The molecule has 0 aliphatic carbocycles. The van der Waals surface area contributed by atoms with Gasteiger partial charge in [0.2, 0.25) is 5.88 Å². The van der Waals surface area contributed by atoms with Crippen LogP contribution >= 0.6 is 11.6 Å². The summed E-state index contributed by atoms with van der Waals surface area (Å²) in [7, 11) is 0. The monoisotopic (exact) mass is 438 g/mol. The Bertz CT molecular complexity index is 1040. The minimum Gasteiger partial charge on any atom is -0.471 e. The zero-order valence-electron chi connectivity index (χ0n) is 17.8.